The third-order valence-corrected chi connectivity index (χ3v) is 4.23. The predicted octanol–water partition coefficient (Wildman–Crippen LogP) is 5.85. The Morgan fingerprint density at radius 3 is 1.89 bits per heavy atom. The van der Waals surface area contributed by atoms with Crippen LogP contribution < -0.4 is 5.43 Å². The molecule has 152 valence electrons. The van der Waals surface area contributed by atoms with Crippen molar-refractivity contribution < 1.29 is 18.3 Å². The molecule has 1 heterocycles. The van der Waals surface area contributed by atoms with Crippen LogP contribution in [-0.4, -0.2) is 16.3 Å². The first-order valence-electron chi connectivity index (χ1n) is 8.90. The fourth-order valence-electron chi connectivity index (χ4n) is 2.68. The monoisotopic (exact) mass is 393 g/mol. The maximum absolute atomic E-state index is 12.6. The zero-order valence-corrected chi connectivity index (χ0v) is 16.9. The molecule has 0 amide bonds. The van der Waals surface area contributed by atoms with Crippen LogP contribution in [0.5, 0.6) is 5.75 Å². The van der Waals surface area contributed by atoms with Crippen LogP contribution in [0.4, 0.5) is 19.0 Å². The number of aromatic hydroxyl groups is 1. The lowest BCUT2D eigenvalue weighted by atomic mass is 9.78. The topological polar surface area (TPSA) is 57.5 Å². The highest BCUT2D eigenvalue weighted by Crippen LogP contribution is 2.39. The molecule has 2 aromatic rings. The summed E-state index contributed by atoms with van der Waals surface area (Å²) in [5.74, 6) is 0.477. The Kier molecular flexibility index (Phi) is 5.78. The average Bonchev–Trinajstić information content (AvgIpc) is 2.53. The van der Waals surface area contributed by atoms with E-state index in [0.29, 0.717) is 0 Å². The summed E-state index contributed by atoms with van der Waals surface area (Å²) in [5, 5.41) is 14.8. The van der Waals surface area contributed by atoms with E-state index < -0.39 is 11.7 Å². The molecule has 0 radical (unpaired) electrons. The Morgan fingerprint density at radius 2 is 1.50 bits per heavy atom. The predicted molar refractivity (Wildman–Crippen MR) is 106 cm³/mol. The number of phenolic OH excluding ortho intramolecular Hbond substituents is 1. The van der Waals surface area contributed by atoms with Gasteiger partial charge < -0.3 is 5.11 Å². The summed E-state index contributed by atoms with van der Waals surface area (Å²) in [6.45, 7) is 12.1. The van der Waals surface area contributed by atoms with E-state index >= 15 is 0 Å². The molecule has 28 heavy (non-hydrogen) atoms. The van der Waals surface area contributed by atoms with Crippen molar-refractivity contribution in [1.29, 1.82) is 0 Å². The largest absolute Gasteiger partial charge is 0.507 e. The summed E-state index contributed by atoms with van der Waals surface area (Å²) in [5.41, 5.74) is 3.65. The van der Waals surface area contributed by atoms with Gasteiger partial charge in [-0.1, -0.05) is 41.5 Å². The number of rotatable bonds is 3. The van der Waals surface area contributed by atoms with Crippen molar-refractivity contribution in [3.8, 4) is 5.75 Å². The van der Waals surface area contributed by atoms with Crippen molar-refractivity contribution in [3.63, 3.8) is 0 Å². The first kappa shape index (κ1) is 21.7. The number of aromatic nitrogens is 1. The van der Waals surface area contributed by atoms with Gasteiger partial charge in [-0.15, -0.1) is 0 Å². The Balaban J connectivity index is 2.30. The molecule has 0 aliphatic carbocycles. The molecule has 0 aliphatic rings. The highest BCUT2D eigenvalue weighted by molar-refractivity contribution is 5.82. The van der Waals surface area contributed by atoms with Crippen molar-refractivity contribution in [2.75, 3.05) is 5.43 Å². The lowest BCUT2D eigenvalue weighted by Gasteiger charge is -2.27. The van der Waals surface area contributed by atoms with Gasteiger partial charge >= 0.3 is 6.18 Å². The number of nitrogens with zero attached hydrogens (tertiary/aromatic N) is 2. The van der Waals surface area contributed by atoms with E-state index in [9.17, 15) is 18.3 Å². The van der Waals surface area contributed by atoms with Crippen LogP contribution in [0.25, 0.3) is 0 Å². The number of alkyl halides is 3. The lowest BCUT2D eigenvalue weighted by molar-refractivity contribution is -0.137. The van der Waals surface area contributed by atoms with Crippen LogP contribution in [-0.2, 0) is 17.0 Å². The first-order chi connectivity index (χ1) is 12.7. The number of phenols is 1. The minimum absolute atomic E-state index is 0.204. The molecule has 2 rings (SSSR count). The molecule has 0 saturated heterocycles. The number of pyridine rings is 1. The normalized spacial score (nSPS) is 13.2. The van der Waals surface area contributed by atoms with Gasteiger partial charge in [-0.2, -0.15) is 18.3 Å². The molecule has 0 saturated carbocycles. The summed E-state index contributed by atoms with van der Waals surface area (Å²) >= 11 is 0. The number of hydrogen-bond donors (Lipinski definition) is 2. The molecule has 0 aliphatic heterocycles. The van der Waals surface area contributed by atoms with Crippen molar-refractivity contribution in [3.05, 3.63) is 52.7 Å². The highest BCUT2D eigenvalue weighted by Gasteiger charge is 2.30. The van der Waals surface area contributed by atoms with Crippen LogP contribution in [0.15, 0.2) is 35.6 Å². The van der Waals surface area contributed by atoms with Gasteiger partial charge in [0.15, 0.2) is 0 Å². The minimum Gasteiger partial charge on any atom is -0.507 e. The fraction of sp³-hybridized carbons (Fsp3) is 0.429. The second kappa shape index (κ2) is 7.45. The fourth-order valence-corrected chi connectivity index (χ4v) is 2.68. The van der Waals surface area contributed by atoms with E-state index in [2.05, 4.69) is 15.5 Å². The quantitative estimate of drug-likeness (QED) is 0.508. The van der Waals surface area contributed by atoms with Gasteiger partial charge in [-0.05, 0) is 40.7 Å². The second-order valence-electron chi connectivity index (χ2n) is 8.76. The Morgan fingerprint density at radius 1 is 0.964 bits per heavy atom. The van der Waals surface area contributed by atoms with E-state index in [1.54, 1.807) is 6.21 Å². The van der Waals surface area contributed by atoms with Gasteiger partial charge in [0, 0.05) is 17.3 Å². The molecule has 0 bridgehead atoms. The number of hydrazone groups is 1. The Bertz CT molecular complexity index is 823. The summed E-state index contributed by atoms with van der Waals surface area (Å²) < 4.78 is 37.7. The maximum atomic E-state index is 12.6. The summed E-state index contributed by atoms with van der Waals surface area (Å²) in [7, 11) is 0. The number of nitrogens with one attached hydrogen (secondary N) is 1. The average molecular weight is 393 g/mol. The summed E-state index contributed by atoms with van der Waals surface area (Å²) in [6.07, 6.45) is -2.11. The SMILES string of the molecule is CC(C)(C)c1cc(/C=N/Nc2ccc(C(F)(F)F)cn2)cc(C(C)(C)C)c1O. The highest BCUT2D eigenvalue weighted by atomic mass is 19.4. The van der Waals surface area contributed by atoms with Gasteiger partial charge in [-0.3, -0.25) is 5.43 Å². The molecule has 2 N–H and O–H groups in total. The van der Waals surface area contributed by atoms with E-state index in [1.165, 1.54) is 6.07 Å². The lowest BCUT2D eigenvalue weighted by Crippen LogP contribution is -2.18. The van der Waals surface area contributed by atoms with Crippen molar-refractivity contribution >= 4 is 12.0 Å². The van der Waals surface area contributed by atoms with Crippen LogP contribution in [0.1, 0.15) is 63.8 Å². The van der Waals surface area contributed by atoms with Crippen LogP contribution >= 0.6 is 0 Å². The van der Waals surface area contributed by atoms with Gasteiger partial charge in [0.25, 0.3) is 0 Å². The first-order valence-corrected chi connectivity index (χ1v) is 8.90. The zero-order valence-electron chi connectivity index (χ0n) is 16.9. The van der Waals surface area contributed by atoms with Crippen molar-refractivity contribution in [2.45, 2.75) is 58.5 Å². The van der Waals surface area contributed by atoms with E-state index in [-0.39, 0.29) is 22.4 Å². The van der Waals surface area contributed by atoms with Crippen LogP contribution in [0, 0.1) is 0 Å². The van der Waals surface area contributed by atoms with Crippen molar-refractivity contribution in [1.82, 2.24) is 4.98 Å². The summed E-state index contributed by atoms with van der Waals surface area (Å²) in [6, 6.07) is 5.88. The second-order valence-corrected chi connectivity index (χ2v) is 8.76. The minimum atomic E-state index is -4.42. The third kappa shape index (κ3) is 5.24. The number of benzene rings is 1. The Labute approximate surface area is 163 Å². The molecule has 1 aromatic heterocycles. The maximum Gasteiger partial charge on any atom is 0.417 e. The van der Waals surface area contributed by atoms with Crippen molar-refractivity contribution in [2.24, 2.45) is 5.10 Å². The van der Waals surface area contributed by atoms with Crippen LogP contribution in [0.3, 0.4) is 0 Å². The number of anilines is 1. The molecule has 7 heteroatoms. The Hall–Kier alpha value is -2.57. The molecule has 0 spiro atoms. The van der Waals surface area contributed by atoms with E-state index in [0.717, 1.165) is 29.0 Å². The van der Waals surface area contributed by atoms with Gasteiger partial charge in [0.2, 0.25) is 0 Å². The molecule has 0 fully saturated rings. The number of halogens is 3. The molecule has 0 atom stereocenters. The molecular formula is C21H26F3N3O. The molecule has 0 unspecified atom stereocenters. The van der Waals surface area contributed by atoms with Gasteiger partial charge in [-0.25, -0.2) is 4.98 Å². The number of hydrogen-bond acceptors (Lipinski definition) is 4. The smallest absolute Gasteiger partial charge is 0.417 e. The van der Waals surface area contributed by atoms with E-state index in [4.69, 9.17) is 0 Å². The third-order valence-electron chi connectivity index (χ3n) is 4.23. The molecule has 1 aromatic carbocycles. The van der Waals surface area contributed by atoms with Gasteiger partial charge in [0.1, 0.15) is 11.6 Å². The zero-order chi connectivity index (χ0) is 21.3. The molecule has 4 nitrogen and oxygen atoms in total. The van der Waals surface area contributed by atoms with Crippen LogP contribution in [0.2, 0.25) is 0 Å². The summed E-state index contributed by atoms with van der Waals surface area (Å²) in [4.78, 5) is 3.72. The standard InChI is InChI=1S/C21H26F3N3O/c1-19(2,3)15-9-13(10-16(18(15)28)20(4,5)6)11-26-27-17-8-7-14(12-25-17)21(22,23)24/h7-12,28H,1-6H3,(H,25,27)/b26-11+. The van der Waals surface area contributed by atoms with Gasteiger partial charge in [0.05, 0.1) is 11.8 Å². The van der Waals surface area contributed by atoms with E-state index in [1.807, 2.05) is 53.7 Å². The molecular weight excluding hydrogens is 367 g/mol.